The highest BCUT2D eigenvalue weighted by molar-refractivity contribution is 7.80. The van der Waals surface area contributed by atoms with Gasteiger partial charge in [-0.1, -0.05) is 45.9 Å². The van der Waals surface area contributed by atoms with Crippen LogP contribution in [-0.4, -0.2) is 23.0 Å². The number of nitrogens with one attached hydrogen (secondary N) is 3. The second-order valence-electron chi connectivity index (χ2n) is 9.63. The third-order valence-electron chi connectivity index (χ3n) is 5.65. The maximum atomic E-state index is 12.7. The van der Waals surface area contributed by atoms with E-state index in [-0.39, 0.29) is 28.4 Å². The normalized spacial score (nSPS) is 11.8. The molecule has 0 fully saturated rings. The number of benzene rings is 3. The van der Waals surface area contributed by atoms with Crippen LogP contribution in [0.3, 0.4) is 0 Å². The van der Waals surface area contributed by atoms with Crippen molar-refractivity contribution < 1.29 is 14.3 Å². The van der Waals surface area contributed by atoms with Gasteiger partial charge < -0.3 is 15.4 Å². The molecule has 0 saturated heterocycles. The van der Waals surface area contributed by atoms with Gasteiger partial charge in [0.1, 0.15) is 5.75 Å². The second kappa shape index (κ2) is 11.8. The number of anilines is 2. The zero-order valence-corrected chi connectivity index (χ0v) is 22.2. The summed E-state index contributed by atoms with van der Waals surface area (Å²) < 4.78 is 5.74. The van der Waals surface area contributed by atoms with Gasteiger partial charge in [0.15, 0.2) is 5.11 Å². The Kier molecular flexibility index (Phi) is 8.83. The van der Waals surface area contributed by atoms with E-state index >= 15 is 0 Å². The Morgan fingerprint density at radius 3 is 2.00 bits per heavy atom. The summed E-state index contributed by atoms with van der Waals surface area (Å²) in [5.41, 5.74) is 3.47. The lowest BCUT2D eigenvalue weighted by Crippen LogP contribution is -2.34. The Morgan fingerprint density at radius 2 is 1.42 bits per heavy atom. The van der Waals surface area contributed by atoms with Crippen LogP contribution in [0.15, 0.2) is 72.8 Å². The number of thiocarbonyl (C=S) groups is 1. The maximum absolute atomic E-state index is 12.7. The number of carbonyl (C=O) groups excluding carboxylic acids is 2. The molecule has 0 aliphatic carbocycles. The summed E-state index contributed by atoms with van der Waals surface area (Å²) in [6, 6.07) is 21.6. The summed E-state index contributed by atoms with van der Waals surface area (Å²) in [5, 5.41) is 8.71. The van der Waals surface area contributed by atoms with Crippen LogP contribution in [0.4, 0.5) is 11.4 Å². The first-order valence-electron chi connectivity index (χ1n) is 12.0. The van der Waals surface area contributed by atoms with Gasteiger partial charge in [0.05, 0.1) is 6.10 Å². The van der Waals surface area contributed by atoms with Gasteiger partial charge in [0.2, 0.25) is 0 Å². The third-order valence-corrected chi connectivity index (χ3v) is 5.85. The highest BCUT2D eigenvalue weighted by Crippen LogP contribution is 2.23. The van der Waals surface area contributed by atoms with Crippen LogP contribution < -0.4 is 20.7 Å². The van der Waals surface area contributed by atoms with Crippen molar-refractivity contribution in [1.82, 2.24) is 5.32 Å². The van der Waals surface area contributed by atoms with Gasteiger partial charge in [-0.15, -0.1) is 0 Å². The van der Waals surface area contributed by atoms with E-state index in [1.165, 1.54) is 0 Å². The molecule has 6 nitrogen and oxygen atoms in total. The molecular formula is C29H33N3O3S. The summed E-state index contributed by atoms with van der Waals surface area (Å²) >= 11 is 5.31. The maximum Gasteiger partial charge on any atom is 0.257 e. The molecule has 7 heteroatoms. The van der Waals surface area contributed by atoms with Crippen LogP contribution >= 0.6 is 12.2 Å². The Hall–Kier alpha value is -3.71. The summed E-state index contributed by atoms with van der Waals surface area (Å²) in [6.45, 7) is 10.4. The van der Waals surface area contributed by atoms with Crippen molar-refractivity contribution in [2.75, 3.05) is 10.6 Å². The van der Waals surface area contributed by atoms with Gasteiger partial charge in [-0.3, -0.25) is 14.9 Å². The average molecular weight is 504 g/mol. The van der Waals surface area contributed by atoms with Crippen molar-refractivity contribution in [2.45, 2.75) is 52.6 Å². The molecule has 0 aliphatic heterocycles. The van der Waals surface area contributed by atoms with Crippen LogP contribution in [0.2, 0.25) is 0 Å². The highest BCUT2D eigenvalue weighted by Gasteiger charge is 2.15. The Morgan fingerprint density at radius 1 is 0.861 bits per heavy atom. The van der Waals surface area contributed by atoms with E-state index in [2.05, 4.69) is 43.6 Å². The molecule has 3 aromatic rings. The zero-order chi connectivity index (χ0) is 26.3. The molecule has 36 heavy (non-hydrogen) atoms. The van der Waals surface area contributed by atoms with Gasteiger partial charge in [-0.2, -0.15) is 0 Å². The number of rotatable bonds is 7. The minimum Gasteiger partial charge on any atom is -0.491 e. The van der Waals surface area contributed by atoms with Crippen molar-refractivity contribution in [1.29, 1.82) is 0 Å². The predicted octanol–water partition coefficient (Wildman–Crippen LogP) is 6.54. The molecule has 0 aliphatic rings. The van der Waals surface area contributed by atoms with Crippen molar-refractivity contribution in [3.05, 3.63) is 89.5 Å². The van der Waals surface area contributed by atoms with E-state index in [1.54, 1.807) is 48.5 Å². The van der Waals surface area contributed by atoms with Gasteiger partial charge >= 0.3 is 0 Å². The number of carbonyl (C=O) groups is 2. The van der Waals surface area contributed by atoms with E-state index in [1.807, 2.05) is 31.2 Å². The molecule has 2 amide bonds. The fourth-order valence-electron chi connectivity index (χ4n) is 3.34. The van der Waals surface area contributed by atoms with Crippen LogP contribution in [-0.2, 0) is 5.41 Å². The first-order chi connectivity index (χ1) is 17.0. The SMILES string of the molecule is CCC(C)Oc1ccc(C(=O)NC(=S)Nc2cccc(NC(=O)c3ccc(C(C)(C)C)cc3)c2)cc1. The molecule has 0 saturated carbocycles. The summed E-state index contributed by atoms with van der Waals surface area (Å²) in [4.78, 5) is 25.2. The highest BCUT2D eigenvalue weighted by atomic mass is 32.1. The van der Waals surface area contributed by atoms with Crippen LogP contribution in [0.25, 0.3) is 0 Å². The first-order valence-corrected chi connectivity index (χ1v) is 12.4. The third kappa shape index (κ3) is 7.65. The van der Waals surface area contributed by atoms with Gasteiger partial charge in [-0.25, -0.2) is 0 Å². The van der Waals surface area contributed by atoms with Gasteiger partial charge in [0, 0.05) is 22.5 Å². The molecule has 1 unspecified atom stereocenters. The second-order valence-corrected chi connectivity index (χ2v) is 10.0. The molecule has 1 atom stereocenters. The van der Waals surface area contributed by atoms with Crippen molar-refractivity contribution in [2.24, 2.45) is 0 Å². The van der Waals surface area contributed by atoms with Crippen LogP contribution in [0.5, 0.6) is 5.75 Å². The molecule has 188 valence electrons. The minimum atomic E-state index is -0.328. The lowest BCUT2D eigenvalue weighted by atomic mass is 9.87. The van der Waals surface area contributed by atoms with Crippen LogP contribution in [0, 0.1) is 0 Å². The number of hydrogen-bond donors (Lipinski definition) is 3. The first kappa shape index (κ1) is 26.9. The predicted molar refractivity (Wildman–Crippen MR) is 150 cm³/mol. The topological polar surface area (TPSA) is 79.5 Å². The molecular weight excluding hydrogens is 470 g/mol. The van der Waals surface area contributed by atoms with Crippen molar-refractivity contribution >= 4 is 40.5 Å². The van der Waals surface area contributed by atoms with E-state index in [0.29, 0.717) is 28.3 Å². The lowest BCUT2D eigenvalue weighted by Gasteiger charge is -2.19. The smallest absolute Gasteiger partial charge is 0.257 e. The van der Waals surface area contributed by atoms with Crippen molar-refractivity contribution in [3.63, 3.8) is 0 Å². The lowest BCUT2D eigenvalue weighted by molar-refractivity contribution is 0.0976. The van der Waals surface area contributed by atoms with Crippen LogP contribution in [0.1, 0.15) is 67.3 Å². The summed E-state index contributed by atoms with van der Waals surface area (Å²) in [7, 11) is 0. The molecule has 0 bridgehead atoms. The standard InChI is InChI=1S/C29H33N3O3S/c1-6-19(2)35-25-16-12-21(13-17-25)27(34)32-28(36)31-24-9-7-8-23(18-24)30-26(33)20-10-14-22(15-11-20)29(3,4)5/h7-19H,6H2,1-5H3,(H,30,33)(H2,31,32,34,36). The average Bonchev–Trinajstić information content (AvgIpc) is 2.84. The van der Waals surface area contributed by atoms with Gasteiger partial charge in [0.25, 0.3) is 11.8 Å². The van der Waals surface area contributed by atoms with E-state index in [0.717, 1.165) is 12.0 Å². The quantitative estimate of drug-likeness (QED) is 0.319. The molecule has 0 radical (unpaired) electrons. The largest absolute Gasteiger partial charge is 0.491 e. The Bertz CT molecular complexity index is 1220. The molecule has 3 rings (SSSR count). The molecule has 3 aromatic carbocycles. The van der Waals surface area contributed by atoms with E-state index in [9.17, 15) is 9.59 Å². The number of amides is 2. The molecule has 0 aromatic heterocycles. The fourth-order valence-corrected chi connectivity index (χ4v) is 3.55. The van der Waals surface area contributed by atoms with E-state index < -0.39 is 0 Å². The number of hydrogen-bond acceptors (Lipinski definition) is 4. The Balaban J connectivity index is 1.57. The monoisotopic (exact) mass is 503 g/mol. The molecule has 0 spiro atoms. The fraction of sp³-hybridized carbons (Fsp3) is 0.276. The van der Waals surface area contributed by atoms with Gasteiger partial charge in [-0.05, 0) is 91.1 Å². The zero-order valence-electron chi connectivity index (χ0n) is 21.3. The summed E-state index contributed by atoms with van der Waals surface area (Å²) in [6.07, 6.45) is 1.01. The molecule has 3 N–H and O–H groups in total. The number of ether oxygens (including phenoxy) is 1. The van der Waals surface area contributed by atoms with E-state index in [4.69, 9.17) is 17.0 Å². The van der Waals surface area contributed by atoms with Crippen molar-refractivity contribution in [3.8, 4) is 5.75 Å². The summed E-state index contributed by atoms with van der Waals surface area (Å²) in [5.74, 6) is 0.181. The minimum absolute atomic E-state index is 0.0219. The molecule has 0 heterocycles. The Labute approximate surface area is 218 Å².